The first-order chi connectivity index (χ1) is 16.5. The van der Waals surface area contributed by atoms with Crippen molar-refractivity contribution in [3.8, 4) is 22.8 Å². The van der Waals surface area contributed by atoms with Gasteiger partial charge >= 0.3 is 0 Å². The summed E-state index contributed by atoms with van der Waals surface area (Å²) in [6.45, 7) is 0.674. The molecule has 6 rings (SSSR count). The van der Waals surface area contributed by atoms with Crippen molar-refractivity contribution < 1.29 is 17.9 Å². The van der Waals surface area contributed by atoms with Crippen molar-refractivity contribution in [1.82, 2.24) is 34.4 Å². The predicted molar refractivity (Wildman–Crippen MR) is 124 cm³/mol. The number of nitrogens with two attached hydrogens (primary N) is 1. The highest BCUT2D eigenvalue weighted by atomic mass is 32.2. The molecular weight excluding hydrogens is 480 g/mol. The van der Waals surface area contributed by atoms with E-state index in [9.17, 15) is 8.42 Å². The molecule has 1 aliphatic carbocycles. The number of fused-ring (bicyclic) bond motifs is 2. The number of hydrogen-bond acceptors (Lipinski definition) is 10. The van der Waals surface area contributed by atoms with E-state index in [1.807, 2.05) is 22.8 Å². The van der Waals surface area contributed by atoms with Gasteiger partial charge in [-0.1, -0.05) is 11.8 Å². The van der Waals surface area contributed by atoms with Crippen LogP contribution < -0.4 is 19.9 Å². The van der Waals surface area contributed by atoms with Gasteiger partial charge in [-0.25, -0.2) is 28.1 Å². The molecule has 0 saturated heterocycles. The van der Waals surface area contributed by atoms with Gasteiger partial charge < -0.3 is 19.8 Å². The Balaban J connectivity index is 1.38. The van der Waals surface area contributed by atoms with E-state index in [0.717, 1.165) is 16.2 Å². The molecule has 0 atom stereocenters. The van der Waals surface area contributed by atoms with E-state index in [4.69, 9.17) is 15.2 Å². The topological polar surface area (TPSA) is 163 Å². The quantitative estimate of drug-likeness (QED) is 0.325. The smallest absolute Gasteiger partial charge is 0.231 e. The van der Waals surface area contributed by atoms with E-state index in [-0.39, 0.29) is 24.4 Å². The molecule has 0 bridgehead atoms. The number of nitrogen functional groups attached to an aromatic ring is 1. The average molecular weight is 501 g/mol. The van der Waals surface area contributed by atoms with Crippen molar-refractivity contribution in [1.29, 1.82) is 0 Å². The first-order valence-corrected chi connectivity index (χ1v) is 12.9. The molecule has 0 spiro atoms. The molecule has 176 valence electrons. The Labute approximate surface area is 198 Å². The van der Waals surface area contributed by atoms with E-state index >= 15 is 0 Å². The molecule has 1 aromatic carbocycles. The van der Waals surface area contributed by atoms with Crippen LogP contribution >= 0.6 is 11.8 Å². The zero-order chi connectivity index (χ0) is 23.3. The zero-order valence-electron chi connectivity index (χ0n) is 17.8. The van der Waals surface area contributed by atoms with Crippen LogP contribution in [0.3, 0.4) is 0 Å². The minimum absolute atomic E-state index is 0.148. The fraction of sp³-hybridized carbons (Fsp3) is 0.300. The van der Waals surface area contributed by atoms with Gasteiger partial charge in [0.05, 0.1) is 10.9 Å². The monoisotopic (exact) mass is 500 g/mol. The van der Waals surface area contributed by atoms with Gasteiger partial charge in [0.25, 0.3) is 0 Å². The number of aromatic nitrogens is 6. The van der Waals surface area contributed by atoms with Gasteiger partial charge in [0.1, 0.15) is 6.33 Å². The Kier molecular flexibility index (Phi) is 5.08. The molecule has 1 fully saturated rings. The third-order valence-electron chi connectivity index (χ3n) is 5.58. The van der Waals surface area contributed by atoms with Crippen molar-refractivity contribution in [2.45, 2.75) is 34.7 Å². The average Bonchev–Trinajstić information content (AvgIpc) is 3.21. The summed E-state index contributed by atoms with van der Waals surface area (Å²) in [6, 6.07) is 5.62. The number of rotatable bonds is 8. The van der Waals surface area contributed by atoms with E-state index in [1.165, 1.54) is 18.1 Å². The van der Waals surface area contributed by atoms with Gasteiger partial charge in [-0.15, -0.1) is 0 Å². The van der Waals surface area contributed by atoms with Gasteiger partial charge in [0, 0.05) is 29.7 Å². The molecular formula is C20H20N8O4S2. The summed E-state index contributed by atoms with van der Waals surface area (Å²) in [5, 5.41) is 7.44. The minimum atomic E-state index is -3.31. The van der Waals surface area contributed by atoms with Crippen LogP contribution in [-0.2, 0) is 16.6 Å². The molecule has 14 heteroatoms. The van der Waals surface area contributed by atoms with E-state index < -0.39 is 10.0 Å². The zero-order valence-corrected chi connectivity index (χ0v) is 19.4. The number of sulfonamides is 1. The Morgan fingerprint density at radius 2 is 2.06 bits per heavy atom. The Bertz CT molecular complexity index is 1480. The minimum Gasteiger partial charge on any atom is -0.454 e. The first kappa shape index (κ1) is 21.2. The maximum Gasteiger partial charge on any atom is 0.231 e. The van der Waals surface area contributed by atoms with Crippen LogP contribution in [-0.4, -0.2) is 56.7 Å². The lowest BCUT2D eigenvalue weighted by molar-refractivity contribution is 0.174. The van der Waals surface area contributed by atoms with Crippen molar-refractivity contribution in [2.75, 3.05) is 19.1 Å². The van der Waals surface area contributed by atoms with E-state index in [0.29, 0.717) is 47.2 Å². The number of nitrogens with one attached hydrogen (secondary N) is 2. The number of anilines is 1. The predicted octanol–water partition coefficient (Wildman–Crippen LogP) is 1.76. The summed E-state index contributed by atoms with van der Waals surface area (Å²) in [5.74, 6) is 1.52. The normalized spacial score (nSPS) is 15.3. The molecule has 4 heterocycles. The lowest BCUT2D eigenvalue weighted by Crippen LogP contribution is -2.30. The fourth-order valence-corrected chi connectivity index (χ4v) is 6.16. The van der Waals surface area contributed by atoms with E-state index in [1.54, 1.807) is 6.20 Å². The Hall–Kier alpha value is -3.36. The summed E-state index contributed by atoms with van der Waals surface area (Å²) in [7, 11) is -3.31. The van der Waals surface area contributed by atoms with Crippen LogP contribution in [0, 0.1) is 0 Å². The summed E-state index contributed by atoms with van der Waals surface area (Å²) in [5.41, 5.74) is 8.62. The number of ether oxygens (including phenoxy) is 2. The molecule has 12 nitrogen and oxygen atoms in total. The van der Waals surface area contributed by atoms with Crippen LogP contribution in [0.15, 0.2) is 40.8 Å². The molecule has 1 saturated carbocycles. The van der Waals surface area contributed by atoms with Crippen LogP contribution in [0.4, 0.5) is 5.82 Å². The van der Waals surface area contributed by atoms with Gasteiger partial charge in [0.2, 0.25) is 16.8 Å². The second-order valence-corrected chi connectivity index (χ2v) is 10.9. The summed E-state index contributed by atoms with van der Waals surface area (Å²) >= 11 is 1.38. The molecule has 1 aliphatic heterocycles. The second-order valence-electron chi connectivity index (χ2n) is 7.88. The standard InChI is InChI=1S/C20H20N8O4S2/c21-18-17-19(23-9-22-18)28(6-5-25-34(29,30)11-1-2-11)20(26-17)33-16-8-15-14(31-10-32-15)7-12(16)13-3-4-24-27-13/h3-4,7-9,11,25H,1-2,5-6,10H2,(H,24,27)(H2,21,22,23). The summed E-state index contributed by atoms with van der Waals surface area (Å²) in [6.07, 6.45) is 4.52. The van der Waals surface area contributed by atoms with Crippen molar-refractivity contribution in [3.05, 3.63) is 30.7 Å². The van der Waals surface area contributed by atoms with Gasteiger partial charge in [-0.2, -0.15) is 5.10 Å². The molecule has 0 radical (unpaired) electrons. The fourth-order valence-electron chi connectivity index (χ4n) is 3.73. The highest BCUT2D eigenvalue weighted by Crippen LogP contribution is 2.44. The molecule has 2 aliphatic rings. The van der Waals surface area contributed by atoms with E-state index in [2.05, 4.69) is 29.9 Å². The van der Waals surface area contributed by atoms with Crippen LogP contribution in [0.25, 0.3) is 22.4 Å². The summed E-state index contributed by atoms with van der Waals surface area (Å²) in [4.78, 5) is 13.9. The van der Waals surface area contributed by atoms with Crippen LogP contribution in [0.1, 0.15) is 12.8 Å². The lowest BCUT2D eigenvalue weighted by atomic mass is 10.1. The van der Waals surface area contributed by atoms with Gasteiger partial charge in [-0.05, 0) is 31.0 Å². The highest BCUT2D eigenvalue weighted by Gasteiger charge is 2.35. The lowest BCUT2D eigenvalue weighted by Gasteiger charge is -2.12. The molecule has 4 N–H and O–H groups in total. The number of aromatic amines is 1. The molecule has 4 aromatic rings. The van der Waals surface area contributed by atoms with Crippen molar-refractivity contribution in [2.24, 2.45) is 0 Å². The maximum atomic E-state index is 12.3. The Morgan fingerprint density at radius 1 is 1.24 bits per heavy atom. The SMILES string of the molecule is Nc1ncnc2c1nc(Sc1cc3c(cc1-c1cc[nH]n1)OCO3)n2CCNS(=O)(=O)C1CC1. The van der Waals surface area contributed by atoms with Gasteiger partial charge in [0.15, 0.2) is 33.6 Å². The van der Waals surface area contributed by atoms with Gasteiger partial charge in [-0.3, -0.25) is 5.10 Å². The largest absolute Gasteiger partial charge is 0.454 e. The summed E-state index contributed by atoms with van der Waals surface area (Å²) < 4.78 is 40.2. The van der Waals surface area contributed by atoms with Crippen molar-refractivity contribution >= 4 is 38.8 Å². The number of hydrogen-bond donors (Lipinski definition) is 3. The second kappa shape index (κ2) is 8.14. The first-order valence-electron chi connectivity index (χ1n) is 10.6. The molecule has 0 amide bonds. The maximum absolute atomic E-state index is 12.3. The Morgan fingerprint density at radius 3 is 2.82 bits per heavy atom. The van der Waals surface area contributed by atoms with Crippen LogP contribution in [0.2, 0.25) is 0 Å². The number of H-pyrrole nitrogens is 1. The molecule has 0 unspecified atom stereocenters. The third-order valence-corrected chi connectivity index (χ3v) is 8.59. The molecule has 3 aromatic heterocycles. The highest BCUT2D eigenvalue weighted by molar-refractivity contribution is 7.99. The number of imidazole rings is 1. The number of nitrogens with zero attached hydrogens (tertiary/aromatic N) is 5. The molecule has 34 heavy (non-hydrogen) atoms. The third kappa shape index (κ3) is 3.82. The van der Waals surface area contributed by atoms with Crippen LogP contribution in [0.5, 0.6) is 11.5 Å². The van der Waals surface area contributed by atoms with Crippen molar-refractivity contribution in [3.63, 3.8) is 0 Å². The number of benzene rings is 1.